The minimum absolute atomic E-state index is 0.170. The van der Waals surface area contributed by atoms with E-state index in [2.05, 4.69) is 36.9 Å². The molecule has 0 aliphatic carbocycles. The lowest BCUT2D eigenvalue weighted by Gasteiger charge is -2.29. The van der Waals surface area contributed by atoms with Gasteiger partial charge in [-0.2, -0.15) is 0 Å². The third kappa shape index (κ3) is 2.73. The van der Waals surface area contributed by atoms with Gasteiger partial charge in [0.1, 0.15) is 0 Å². The fourth-order valence-electron chi connectivity index (χ4n) is 3.21. The molecule has 1 unspecified atom stereocenters. The maximum absolute atomic E-state index is 11.6. The molecule has 3 nitrogen and oxygen atoms in total. The molecule has 0 saturated carbocycles. The molecule has 0 spiro atoms. The molecule has 1 aliphatic heterocycles. The Morgan fingerprint density at radius 1 is 1.40 bits per heavy atom. The number of aryl methyl sites for hydroxylation is 2. The Balaban J connectivity index is 2.11. The number of benzene rings is 1. The third-order valence-corrected chi connectivity index (χ3v) is 4.80. The van der Waals surface area contributed by atoms with Gasteiger partial charge in [0.2, 0.25) is 0 Å². The van der Waals surface area contributed by atoms with Gasteiger partial charge in [0.05, 0.1) is 5.41 Å². The summed E-state index contributed by atoms with van der Waals surface area (Å²) >= 11 is 0. The zero-order valence-electron chi connectivity index (χ0n) is 12.9. The first-order valence-corrected chi connectivity index (χ1v) is 7.37. The molecule has 1 heterocycles. The molecule has 2 rings (SSSR count). The van der Waals surface area contributed by atoms with Gasteiger partial charge in [-0.05, 0) is 43.9 Å². The van der Waals surface area contributed by atoms with E-state index in [1.54, 1.807) is 0 Å². The molecule has 3 heteroatoms. The first kappa shape index (κ1) is 15.0. The zero-order chi connectivity index (χ0) is 14.9. The number of hydrogen-bond donors (Lipinski definition) is 1. The average molecular weight is 275 g/mol. The largest absolute Gasteiger partial charge is 0.481 e. The Labute approximate surface area is 121 Å². The molecular formula is C17H25NO2. The standard InChI is InChI=1S/C17H25NO2/c1-12(2)17(16(19)20)7-8-18(11-17)10-15-6-5-13(3)9-14(15)4/h5-6,9,12H,7-8,10-11H2,1-4H3,(H,19,20). The average Bonchev–Trinajstić information content (AvgIpc) is 2.78. The van der Waals surface area contributed by atoms with Crippen LogP contribution < -0.4 is 0 Å². The summed E-state index contributed by atoms with van der Waals surface area (Å²) in [5, 5.41) is 9.58. The third-order valence-electron chi connectivity index (χ3n) is 4.80. The monoisotopic (exact) mass is 275 g/mol. The molecule has 0 bridgehead atoms. The van der Waals surface area contributed by atoms with Gasteiger partial charge < -0.3 is 5.11 Å². The summed E-state index contributed by atoms with van der Waals surface area (Å²) < 4.78 is 0. The summed E-state index contributed by atoms with van der Waals surface area (Å²) in [5.41, 5.74) is 3.30. The first-order chi connectivity index (χ1) is 9.35. The van der Waals surface area contributed by atoms with Crippen LogP contribution in [0, 0.1) is 25.2 Å². The molecule has 0 radical (unpaired) electrons. The van der Waals surface area contributed by atoms with E-state index >= 15 is 0 Å². The Kier molecular flexibility index (Phi) is 4.19. The molecular weight excluding hydrogens is 250 g/mol. The molecule has 1 aromatic rings. The predicted molar refractivity (Wildman–Crippen MR) is 80.7 cm³/mol. The normalized spacial score (nSPS) is 23.4. The lowest BCUT2D eigenvalue weighted by atomic mass is 9.76. The van der Waals surface area contributed by atoms with Crippen molar-refractivity contribution in [3.63, 3.8) is 0 Å². The molecule has 1 atom stereocenters. The van der Waals surface area contributed by atoms with Crippen molar-refractivity contribution in [2.45, 2.75) is 40.7 Å². The first-order valence-electron chi connectivity index (χ1n) is 7.37. The van der Waals surface area contributed by atoms with Crippen molar-refractivity contribution in [3.05, 3.63) is 34.9 Å². The van der Waals surface area contributed by atoms with E-state index < -0.39 is 11.4 Å². The van der Waals surface area contributed by atoms with Crippen molar-refractivity contribution < 1.29 is 9.90 Å². The Hall–Kier alpha value is -1.35. The summed E-state index contributed by atoms with van der Waals surface area (Å²) in [6.45, 7) is 10.7. The van der Waals surface area contributed by atoms with Gasteiger partial charge in [-0.25, -0.2) is 0 Å². The second-order valence-electron chi connectivity index (χ2n) is 6.51. The van der Waals surface area contributed by atoms with E-state index in [4.69, 9.17) is 0 Å². The second kappa shape index (κ2) is 5.57. The van der Waals surface area contributed by atoms with Crippen LogP contribution in [0.1, 0.15) is 37.0 Å². The van der Waals surface area contributed by atoms with E-state index in [-0.39, 0.29) is 5.92 Å². The van der Waals surface area contributed by atoms with Crippen LogP contribution in [0.3, 0.4) is 0 Å². The molecule has 110 valence electrons. The summed E-state index contributed by atoms with van der Waals surface area (Å²) in [4.78, 5) is 13.9. The van der Waals surface area contributed by atoms with Crippen molar-refractivity contribution in [3.8, 4) is 0 Å². The lowest BCUT2D eigenvalue weighted by molar-refractivity contribution is -0.151. The number of carboxylic acid groups (broad SMARTS) is 1. The highest BCUT2D eigenvalue weighted by Crippen LogP contribution is 2.38. The van der Waals surface area contributed by atoms with Crippen molar-refractivity contribution in [2.75, 3.05) is 13.1 Å². The second-order valence-corrected chi connectivity index (χ2v) is 6.51. The summed E-state index contributed by atoms with van der Waals surface area (Å²) in [6, 6.07) is 6.49. The lowest BCUT2D eigenvalue weighted by Crippen LogP contribution is -2.39. The van der Waals surface area contributed by atoms with Gasteiger partial charge in [0.25, 0.3) is 0 Å². The SMILES string of the molecule is Cc1ccc(CN2CCC(C(=O)O)(C(C)C)C2)c(C)c1. The van der Waals surface area contributed by atoms with Crippen LogP contribution in [-0.4, -0.2) is 29.1 Å². The maximum atomic E-state index is 11.6. The van der Waals surface area contributed by atoms with Gasteiger partial charge in [0.15, 0.2) is 0 Å². The molecule has 0 aromatic heterocycles. The molecule has 1 fully saturated rings. The van der Waals surface area contributed by atoms with Crippen molar-refractivity contribution >= 4 is 5.97 Å². The smallest absolute Gasteiger partial charge is 0.311 e. The van der Waals surface area contributed by atoms with Crippen LogP contribution in [0.4, 0.5) is 0 Å². The summed E-state index contributed by atoms with van der Waals surface area (Å²) in [6.07, 6.45) is 0.755. The van der Waals surface area contributed by atoms with E-state index in [1.165, 1.54) is 16.7 Å². The number of aliphatic carboxylic acids is 1. The number of rotatable bonds is 4. The van der Waals surface area contributed by atoms with Crippen LogP contribution in [0.2, 0.25) is 0 Å². The minimum atomic E-state index is -0.643. The summed E-state index contributed by atoms with van der Waals surface area (Å²) in [5.74, 6) is -0.472. The highest BCUT2D eigenvalue weighted by molar-refractivity contribution is 5.75. The van der Waals surface area contributed by atoms with Gasteiger partial charge in [-0.3, -0.25) is 9.69 Å². The number of carbonyl (C=O) groups is 1. The van der Waals surface area contributed by atoms with Crippen molar-refractivity contribution in [1.82, 2.24) is 4.90 Å². The van der Waals surface area contributed by atoms with Crippen LogP contribution in [-0.2, 0) is 11.3 Å². The molecule has 20 heavy (non-hydrogen) atoms. The highest BCUT2D eigenvalue weighted by Gasteiger charge is 2.47. The van der Waals surface area contributed by atoms with Gasteiger partial charge >= 0.3 is 5.97 Å². The van der Waals surface area contributed by atoms with Crippen molar-refractivity contribution in [2.24, 2.45) is 11.3 Å². The van der Waals surface area contributed by atoms with Crippen LogP contribution >= 0.6 is 0 Å². The van der Waals surface area contributed by atoms with Crippen LogP contribution in [0.25, 0.3) is 0 Å². The molecule has 0 amide bonds. The van der Waals surface area contributed by atoms with Crippen LogP contribution in [0.5, 0.6) is 0 Å². The molecule has 1 saturated heterocycles. The fraction of sp³-hybridized carbons (Fsp3) is 0.588. The number of carboxylic acids is 1. The van der Waals surface area contributed by atoms with Crippen LogP contribution in [0.15, 0.2) is 18.2 Å². The topological polar surface area (TPSA) is 40.5 Å². The number of likely N-dealkylation sites (tertiary alicyclic amines) is 1. The molecule has 1 aromatic carbocycles. The van der Waals surface area contributed by atoms with Gasteiger partial charge in [0, 0.05) is 13.1 Å². The number of nitrogens with zero attached hydrogens (tertiary/aromatic N) is 1. The number of hydrogen-bond acceptors (Lipinski definition) is 2. The van der Waals surface area contributed by atoms with E-state index in [9.17, 15) is 9.90 Å². The fourth-order valence-corrected chi connectivity index (χ4v) is 3.21. The van der Waals surface area contributed by atoms with E-state index in [1.807, 2.05) is 13.8 Å². The predicted octanol–water partition coefficient (Wildman–Crippen LogP) is 3.24. The zero-order valence-corrected chi connectivity index (χ0v) is 12.9. The summed E-state index contributed by atoms with van der Waals surface area (Å²) in [7, 11) is 0. The Bertz CT molecular complexity index is 510. The van der Waals surface area contributed by atoms with Gasteiger partial charge in [-0.1, -0.05) is 37.6 Å². The maximum Gasteiger partial charge on any atom is 0.311 e. The molecule has 1 N–H and O–H groups in total. The van der Waals surface area contributed by atoms with Gasteiger partial charge in [-0.15, -0.1) is 0 Å². The van der Waals surface area contributed by atoms with Crippen molar-refractivity contribution in [1.29, 1.82) is 0 Å². The highest BCUT2D eigenvalue weighted by atomic mass is 16.4. The quantitative estimate of drug-likeness (QED) is 0.917. The Morgan fingerprint density at radius 2 is 2.10 bits per heavy atom. The van der Waals surface area contributed by atoms with E-state index in [0.29, 0.717) is 6.54 Å². The Morgan fingerprint density at radius 3 is 2.60 bits per heavy atom. The molecule has 1 aliphatic rings. The van der Waals surface area contributed by atoms with E-state index in [0.717, 1.165) is 19.5 Å². The minimum Gasteiger partial charge on any atom is -0.481 e.